The van der Waals surface area contributed by atoms with Gasteiger partial charge in [0.1, 0.15) is 0 Å². The first-order chi connectivity index (χ1) is 14.4. The highest BCUT2D eigenvalue weighted by Crippen LogP contribution is 2.34. The largest absolute Gasteiger partial charge is 0.354 e. The molecule has 0 unspecified atom stereocenters. The molecular weight excluding hydrogens is 436 g/mol. The van der Waals surface area contributed by atoms with Gasteiger partial charge in [0.25, 0.3) is 17.4 Å². The maximum absolute atomic E-state index is 12.8. The van der Waals surface area contributed by atoms with Gasteiger partial charge in [-0.15, -0.1) is 0 Å². The van der Waals surface area contributed by atoms with Gasteiger partial charge in [-0.3, -0.25) is 4.79 Å². The number of rotatable bonds is 8. The van der Waals surface area contributed by atoms with Gasteiger partial charge >= 0.3 is 0 Å². The first-order valence-electron chi connectivity index (χ1n) is 8.68. The van der Waals surface area contributed by atoms with Crippen molar-refractivity contribution >= 4 is 46.5 Å². The van der Waals surface area contributed by atoms with E-state index in [4.69, 9.17) is 0 Å². The fourth-order valence-electron chi connectivity index (χ4n) is 2.62. The SMILES string of the molecule is O=C(Nc1ccc(SC(F)F)cc1)c1ccccc1Nc1ccccc1SC(F)F. The predicted molar refractivity (Wildman–Crippen MR) is 114 cm³/mol. The van der Waals surface area contributed by atoms with Crippen molar-refractivity contribution in [3.8, 4) is 0 Å². The van der Waals surface area contributed by atoms with E-state index in [0.717, 1.165) is 0 Å². The number of nitrogens with one attached hydrogen (secondary N) is 2. The molecule has 0 heterocycles. The summed E-state index contributed by atoms with van der Waals surface area (Å²) < 4.78 is 50.5. The van der Waals surface area contributed by atoms with Crippen molar-refractivity contribution in [1.29, 1.82) is 0 Å². The third-order valence-electron chi connectivity index (χ3n) is 3.88. The second kappa shape index (κ2) is 10.4. The number of para-hydroxylation sites is 2. The quantitative estimate of drug-likeness (QED) is 0.278. The van der Waals surface area contributed by atoms with E-state index in [1.54, 1.807) is 48.5 Å². The van der Waals surface area contributed by atoms with E-state index in [1.807, 2.05) is 0 Å². The number of anilines is 3. The van der Waals surface area contributed by atoms with Gasteiger partial charge < -0.3 is 10.6 Å². The molecule has 2 N–H and O–H groups in total. The Morgan fingerprint density at radius 1 is 0.733 bits per heavy atom. The zero-order valence-electron chi connectivity index (χ0n) is 15.3. The summed E-state index contributed by atoms with van der Waals surface area (Å²) in [6, 6.07) is 19.3. The van der Waals surface area contributed by atoms with E-state index in [1.165, 1.54) is 24.3 Å². The molecule has 9 heteroatoms. The summed E-state index contributed by atoms with van der Waals surface area (Å²) in [7, 11) is 0. The van der Waals surface area contributed by atoms with Gasteiger partial charge in [-0.2, -0.15) is 17.6 Å². The Labute approximate surface area is 179 Å². The fourth-order valence-corrected chi connectivity index (χ4v) is 3.72. The second-order valence-electron chi connectivity index (χ2n) is 5.90. The second-order valence-corrected chi connectivity index (χ2v) is 8.00. The van der Waals surface area contributed by atoms with Crippen molar-refractivity contribution in [2.24, 2.45) is 0 Å². The minimum atomic E-state index is -2.57. The first kappa shape index (κ1) is 22.0. The van der Waals surface area contributed by atoms with Crippen LogP contribution in [0.3, 0.4) is 0 Å². The molecule has 3 rings (SSSR count). The number of alkyl halides is 4. The molecule has 0 atom stereocenters. The van der Waals surface area contributed by atoms with E-state index < -0.39 is 17.4 Å². The molecule has 156 valence electrons. The molecule has 0 aromatic heterocycles. The van der Waals surface area contributed by atoms with Crippen LogP contribution in [-0.2, 0) is 0 Å². The molecule has 0 saturated carbocycles. The van der Waals surface area contributed by atoms with Crippen molar-refractivity contribution < 1.29 is 22.4 Å². The predicted octanol–water partition coefficient (Wildman–Crippen LogP) is 7.31. The average Bonchev–Trinajstić information content (AvgIpc) is 2.70. The minimum Gasteiger partial charge on any atom is -0.354 e. The van der Waals surface area contributed by atoms with Crippen LogP contribution in [0.25, 0.3) is 0 Å². The van der Waals surface area contributed by atoms with Crippen LogP contribution in [0.2, 0.25) is 0 Å². The van der Waals surface area contributed by atoms with Crippen molar-refractivity contribution in [1.82, 2.24) is 0 Å². The lowest BCUT2D eigenvalue weighted by molar-refractivity contribution is 0.102. The molecule has 0 aliphatic carbocycles. The van der Waals surface area contributed by atoms with Gasteiger partial charge in [0.05, 0.1) is 16.9 Å². The maximum Gasteiger partial charge on any atom is 0.288 e. The van der Waals surface area contributed by atoms with Gasteiger partial charge in [0.2, 0.25) is 0 Å². The van der Waals surface area contributed by atoms with Crippen LogP contribution in [0.1, 0.15) is 10.4 Å². The first-order valence-corrected chi connectivity index (χ1v) is 10.4. The Morgan fingerprint density at radius 2 is 1.33 bits per heavy atom. The average molecular weight is 452 g/mol. The Hall–Kier alpha value is -2.65. The van der Waals surface area contributed by atoms with Crippen molar-refractivity contribution in [3.05, 3.63) is 78.4 Å². The van der Waals surface area contributed by atoms with E-state index in [-0.39, 0.29) is 0 Å². The van der Waals surface area contributed by atoms with E-state index >= 15 is 0 Å². The Balaban J connectivity index is 1.78. The van der Waals surface area contributed by atoms with Crippen LogP contribution in [-0.4, -0.2) is 17.4 Å². The van der Waals surface area contributed by atoms with Crippen LogP contribution in [0, 0.1) is 0 Å². The molecule has 0 aliphatic rings. The summed E-state index contributed by atoms with van der Waals surface area (Å²) in [5.74, 6) is -5.52. The molecule has 3 aromatic rings. The van der Waals surface area contributed by atoms with E-state index in [0.29, 0.717) is 55.9 Å². The third kappa shape index (κ3) is 6.17. The highest BCUT2D eigenvalue weighted by molar-refractivity contribution is 7.99. The van der Waals surface area contributed by atoms with Crippen molar-refractivity contribution in [2.75, 3.05) is 10.6 Å². The highest BCUT2D eigenvalue weighted by atomic mass is 32.2. The van der Waals surface area contributed by atoms with E-state index in [2.05, 4.69) is 10.6 Å². The maximum atomic E-state index is 12.8. The number of amides is 1. The summed E-state index contributed by atoms with van der Waals surface area (Å²) in [4.78, 5) is 13.5. The number of hydrogen-bond donors (Lipinski definition) is 2. The number of halogens is 4. The number of thioether (sulfide) groups is 2. The summed E-state index contributed by atoms with van der Waals surface area (Å²) >= 11 is 0.835. The smallest absolute Gasteiger partial charge is 0.288 e. The van der Waals surface area contributed by atoms with Crippen molar-refractivity contribution in [3.63, 3.8) is 0 Å². The molecular formula is C21H16F4N2OS2. The topological polar surface area (TPSA) is 41.1 Å². The molecule has 0 fully saturated rings. The van der Waals surface area contributed by atoms with Gasteiger partial charge in [-0.05, 0) is 48.5 Å². The van der Waals surface area contributed by atoms with Crippen LogP contribution >= 0.6 is 23.5 Å². The number of carbonyl (C=O) groups excluding carboxylic acids is 1. The van der Waals surface area contributed by atoms with Crippen molar-refractivity contribution in [2.45, 2.75) is 21.3 Å². The number of benzene rings is 3. The van der Waals surface area contributed by atoms with E-state index in [9.17, 15) is 22.4 Å². The summed E-state index contributed by atoms with van der Waals surface area (Å²) in [5.41, 5.74) is 1.65. The molecule has 3 nitrogen and oxygen atoms in total. The Morgan fingerprint density at radius 3 is 2.00 bits per heavy atom. The normalized spacial score (nSPS) is 11.0. The summed E-state index contributed by atoms with van der Waals surface area (Å²) in [6.07, 6.45) is 0. The molecule has 30 heavy (non-hydrogen) atoms. The fraction of sp³-hybridized carbons (Fsp3) is 0.0952. The molecule has 0 spiro atoms. The minimum absolute atomic E-state index is 0.306. The van der Waals surface area contributed by atoms with Gasteiger partial charge in [0, 0.05) is 15.5 Å². The summed E-state index contributed by atoms with van der Waals surface area (Å²) in [6.45, 7) is 0. The van der Waals surface area contributed by atoms with Crippen LogP contribution in [0.4, 0.5) is 34.6 Å². The molecule has 0 saturated heterocycles. The molecule has 3 aromatic carbocycles. The molecule has 0 bridgehead atoms. The third-order valence-corrected chi connectivity index (χ3v) is 5.39. The number of carbonyl (C=O) groups is 1. The molecule has 1 amide bonds. The highest BCUT2D eigenvalue weighted by Gasteiger charge is 2.15. The Bertz CT molecular complexity index is 1000. The van der Waals surface area contributed by atoms with Crippen LogP contribution in [0.15, 0.2) is 82.6 Å². The standard InChI is InChI=1S/C21H16F4N2OS2/c22-20(23)29-14-11-9-13(10-12-14)26-19(28)15-5-1-2-6-16(15)27-17-7-3-4-8-18(17)30-21(24)25/h1-12,20-21,27H,(H,26,28). The van der Waals surface area contributed by atoms with Crippen LogP contribution < -0.4 is 10.6 Å². The Kier molecular flexibility index (Phi) is 7.64. The molecule has 0 aliphatic heterocycles. The number of hydrogen-bond acceptors (Lipinski definition) is 4. The monoisotopic (exact) mass is 452 g/mol. The van der Waals surface area contributed by atoms with Crippen LogP contribution in [0.5, 0.6) is 0 Å². The van der Waals surface area contributed by atoms with Gasteiger partial charge in [-0.25, -0.2) is 0 Å². The molecule has 0 radical (unpaired) electrons. The zero-order chi connectivity index (χ0) is 21.5. The van der Waals surface area contributed by atoms with Gasteiger partial charge in [-0.1, -0.05) is 47.8 Å². The lowest BCUT2D eigenvalue weighted by Gasteiger charge is -2.15. The zero-order valence-corrected chi connectivity index (χ0v) is 17.0. The lowest BCUT2D eigenvalue weighted by atomic mass is 10.1. The van der Waals surface area contributed by atoms with Gasteiger partial charge in [0.15, 0.2) is 0 Å². The lowest BCUT2D eigenvalue weighted by Crippen LogP contribution is -2.14. The summed E-state index contributed by atoms with van der Waals surface area (Å²) in [5, 5.41) is 5.75.